The van der Waals surface area contributed by atoms with Crippen LogP contribution in [0.15, 0.2) is 35.4 Å². The van der Waals surface area contributed by atoms with Crippen LogP contribution in [0.1, 0.15) is 43.6 Å². The van der Waals surface area contributed by atoms with E-state index in [4.69, 9.17) is 16.6 Å². The fourth-order valence-electron chi connectivity index (χ4n) is 5.61. The van der Waals surface area contributed by atoms with E-state index in [0.29, 0.717) is 34.4 Å². The maximum absolute atomic E-state index is 12.3. The van der Waals surface area contributed by atoms with Crippen LogP contribution >= 0.6 is 11.6 Å². The lowest BCUT2D eigenvalue weighted by Gasteiger charge is -2.42. The van der Waals surface area contributed by atoms with Crippen molar-refractivity contribution in [3.63, 3.8) is 0 Å². The van der Waals surface area contributed by atoms with E-state index in [9.17, 15) is 9.32 Å². The molecule has 3 aliphatic rings. The van der Waals surface area contributed by atoms with Gasteiger partial charge in [0.15, 0.2) is 0 Å². The van der Waals surface area contributed by atoms with Crippen LogP contribution in [0.3, 0.4) is 0 Å². The number of benzene rings is 1. The Morgan fingerprint density at radius 2 is 1.90 bits per heavy atom. The van der Waals surface area contributed by atoms with Crippen LogP contribution in [0, 0.1) is 11.8 Å². The zero-order chi connectivity index (χ0) is 21.6. The molecule has 0 spiro atoms. The summed E-state index contributed by atoms with van der Waals surface area (Å²) in [5.41, 5.74) is 1.03. The van der Waals surface area contributed by atoms with Crippen LogP contribution < -0.4 is 10.2 Å². The maximum atomic E-state index is 12.3. The number of anilines is 2. The van der Waals surface area contributed by atoms with Crippen LogP contribution in [0.4, 0.5) is 11.8 Å². The molecule has 3 atom stereocenters. The van der Waals surface area contributed by atoms with Crippen molar-refractivity contribution < 1.29 is 9.32 Å². The van der Waals surface area contributed by atoms with Crippen molar-refractivity contribution in [2.45, 2.75) is 48.5 Å². The van der Waals surface area contributed by atoms with E-state index < -0.39 is 10.8 Å². The van der Waals surface area contributed by atoms with Gasteiger partial charge in [0.25, 0.3) is 0 Å². The van der Waals surface area contributed by atoms with Crippen molar-refractivity contribution in [2.75, 3.05) is 36.2 Å². The zero-order valence-electron chi connectivity index (χ0n) is 17.8. The Labute approximate surface area is 190 Å². The molecule has 3 fully saturated rings. The number of rotatable bonds is 6. The standard InChI is InChI=1S/C23H29ClN4O2S/c1-31(30)19-11-25-22(26-21(19)27-23(14-29)9-2-10-23)28-12-16-3-4-17(13-28)20(16)15-5-7-18(24)8-6-15/h5-8,11,16-17,20,29H,2-4,9-10,12-14H2,1H3,(H,25,26,27). The van der Waals surface area contributed by atoms with Crippen LogP contribution in [-0.4, -0.2) is 50.8 Å². The number of nitrogens with one attached hydrogen (secondary N) is 1. The third kappa shape index (κ3) is 3.96. The monoisotopic (exact) mass is 460 g/mol. The average molecular weight is 461 g/mol. The summed E-state index contributed by atoms with van der Waals surface area (Å²) in [6.07, 6.45) is 8.64. The molecule has 5 rings (SSSR count). The highest BCUT2D eigenvalue weighted by molar-refractivity contribution is 7.84. The van der Waals surface area contributed by atoms with E-state index in [1.54, 1.807) is 12.5 Å². The second-order valence-corrected chi connectivity index (χ2v) is 11.1. The molecule has 2 aromatic rings. The van der Waals surface area contributed by atoms with Gasteiger partial charge in [-0.1, -0.05) is 23.7 Å². The third-order valence-electron chi connectivity index (χ3n) is 7.42. The Hall–Kier alpha value is -1.70. The molecule has 2 aliphatic carbocycles. The van der Waals surface area contributed by atoms with Gasteiger partial charge in [0.2, 0.25) is 5.95 Å². The second kappa shape index (κ2) is 8.34. The number of piperidine rings is 1. The van der Waals surface area contributed by atoms with Gasteiger partial charge in [0.05, 0.1) is 34.0 Å². The molecule has 0 radical (unpaired) electrons. The highest BCUT2D eigenvalue weighted by Gasteiger charge is 2.43. The van der Waals surface area contributed by atoms with Crippen molar-refractivity contribution in [2.24, 2.45) is 11.8 Å². The van der Waals surface area contributed by atoms with E-state index in [1.807, 2.05) is 12.1 Å². The minimum absolute atomic E-state index is 0.0543. The number of aliphatic hydroxyl groups is 1. The fraction of sp³-hybridized carbons (Fsp3) is 0.565. The van der Waals surface area contributed by atoms with Crippen LogP contribution in [0.5, 0.6) is 0 Å². The van der Waals surface area contributed by atoms with Crippen molar-refractivity contribution in [3.8, 4) is 0 Å². The largest absolute Gasteiger partial charge is 0.394 e. The lowest BCUT2D eigenvalue weighted by Crippen LogP contribution is -2.49. The van der Waals surface area contributed by atoms with Gasteiger partial charge in [-0.15, -0.1) is 0 Å². The Balaban J connectivity index is 1.39. The Morgan fingerprint density at radius 1 is 1.23 bits per heavy atom. The number of hydrogen-bond acceptors (Lipinski definition) is 6. The van der Waals surface area contributed by atoms with E-state index in [2.05, 4.69) is 27.3 Å². The molecule has 1 aromatic carbocycles. The van der Waals surface area contributed by atoms with Crippen LogP contribution in [0.2, 0.25) is 5.02 Å². The third-order valence-corrected chi connectivity index (χ3v) is 8.59. The molecule has 166 valence electrons. The predicted molar refractivity (Wildman–Crippen MR) is 124 cm³/mol. The smallest absolute Gasteiger partial charge is 0.227 e. The van der Waals surface area contributed by atoms with Gasteiger partial charge in [-0.25, -0.2) is 4.98 Å². The summed E-state index contributed by atoms with van der Waals surface area (Å²) in [5, 5.41) is 14.1. The summed E-state index contributed by atoms with van der Waals surface area (Å²) in [6.45, 7) is 1.89. The SMILES string of the molecule is CS(=O)c1cnc(N2CC3CCC(C2)C3c2ccc(Cl)cc2)nc1NC1(CO)CCC1. The highest BCUT2D eigenvalue weighted by Crippen LogP contribution is 2.48. The number of halogens is 1. The minimum atomic E-state index is -1.20. The number of aromatic nitrogens is 2. The molecule has 31 heavy (non-hydrogen) atoms. The lowest BCUT2D eigenvalue weighted by molar-refractivity contribution is 0.143. The quantitative estimate of drug-likeness (QED) is 0.682. The number of fused-ring (bicyclic) bond motifs is 2. The minimum Gasteiger partial charge on any atom is -0.394 e. The highest BCUT2D eigenvalue weighted by atomic mass is 35.5. The first-order valence-electron chi connectivity index (χ1n) is 11.1. The topological polar surface area (TPSA) is 78.4 Å². The molecular weight excluding hydrogens is 432 g/mol. The maximum Gasteiger partial charge on any atom is 0.227 e. The molecule has 2 bridgehead atoms. The molecule has 0 amide bonds. The first-order valence-corrected chi connectivity index (χ1v) is 13.0. The molecule has 2 heterocycles. The van der Waals surface area contributed by atoms with Crippen LogP contribution in [-0.2, 0) is 10.8 Å². The van der Waals surface area contributed by atoms with Gasteiger partial charge in [0.1, 0.15) is 5.82 Å². The molecule has 6 nitrogen and oxygen atoms in total. The normalized spacial score (nSPS) is 27.6. The van der Waals surface area contributed by atoms with E-state index in [-0.39, 0.29) is 12.1 Å². The summed E-state index contributed by atoms with van der Waals surface area (Å²) in [4.78, 5) is 12.3. The first-order chi connectivity index (χ1) is 15.0. The molecule has 2 N–H and O–H groups in total. The molecule has 1 saturated heterocycles. The van der Waals surface area contributed by atoms with E-state index in [1.165, 1.54) is 18.4 Å². The number of aliphatic hydroxyl groups excluding tert-OH is 1. The Bertz CT molecular complexity index is 963. The molecular formula is C23H29ClN4O2S. The van der Waals surface area contributed by atoms with Gasteiger partial charge < -0.3 is 15.3 Å². The predicted octanol–water partition coefficient (Wildman–Crippen LogP) is 3.82. The lowest BCUT2D eigenvalue weighted by atomic mass is 9.77. The molecule has 2 saturated carbocycles. The Morgan fingerprint density at radius 3 is 2.45 bits per heavy atom. The Kier molecular flexibility index (Phi) is 5.69. The molecule has 1 aromatic heterocycles. The second-order valence-electron chi connectivity index (χ2n) is 9.33. The van der Waals surface area contributed by atoms with Gasteiger partial charge >= 0.3 is 0 Å². The summed E-state index contributed by atoms with van der Waals surface area (Å²) < 4.78 is 12.3. The van der Waals surface area contributed by atoms with Crippen molar-refractivity contribution in [1.29, 1.82) is 0 Å². The van der Waals surface area contributed by atoms with Crippen molar-refractivity contribution >= 4 is 34.2 Å². The number of hydrogen-bond donors (Lipinski definition) is 2. The van der Waals surface area contributed by atoms with E-state index >= 15 is 0 Å². The average Bonchev–Trinajstić information content (AvgIpc) is 3.00. The van der Waals surface area contributed by atoms with Crippen molar-refractivity contribution in [3.05, 3.63) is 41.0 Å². The van der Waals surface area contributed by atoms with Gasteiger partial charge in [-0.2, -0.15) is 4.98 Å². The van der Waals surface area contributed by atoms with Gasteiger partial charge in [0, 0.05) is 24.4 Å². The zero-order valence-corrected chi connectivity index (χ0v) is 19.3. The summed E-state index contributed by atoms with van der Waals surface area (Å²) in [5.74, 6) is 2.98. The fourth-order valence-corrected chi connectivity index (χ4v) is 6.30. The first kappa shape index (κ1) is 21.2. The van der Waals surface area contributed by atoms with Crippen LogP contribution in [0.25, 0.3) is 0 Å². The molecule has 8 heteroatoms. The van der Waals surface area contributed by atoms with E-state index in [0.717, 1.165) is 37.4 Å². The summed E-state index contributed by atoms with van der Waals surface area (Å²) in [6, 6.07) is 8.32. The van der Waals surface area contributed by atoms with Crippen molar-refractivity contribution in [1.82, 2.24) is 9.97 Å². The molecule has 1 aliphatic heterocycles. The number of nitrogens with zero attached hydrogens (tertiary/aromatic N) is 3. The summed E-state index contributed by atoms with van der Waals surface area (Å²) >= 11 is 6.09. The van der Waals surface area contributed by atoms with Gasteiger partial charge in [-0.05, 0) is 67.6 Å². The van der Waals surface area contributed by atoms with Gasteiger partial charge in [-0.3, -0.25) is 4.21 Å². The molecule has 3 unspecified atom stereocenters. The summed E-state index contributed by atoms with van der Waals surface area (Å²) in [7, 11) is -1.20.